The van der Waals surface area contributed by atoms with E-state index in [1.807, 2.05) is 25.1 Å². The van der Waals surface area contributed by atoms with E-state index in [-0.39, 0.29) is 11.8 Å². The molecule has 6 heteroatoms. The number of rotatable bonds is 6. The molecule has 0 aliphatic carbocycles. The molecule has 1 saturated heterocycles. The van der Waals surface area contributed by atoms with Crippen molar-refractivity contribution in [2.45, 2.75) is 52.5 Å². The summed E-state index contributed by atoms with van der Waals surface area (Å²) in [5.74, 6) is 1.78. The predicted octanol–water partition coefficient (Wildman–Crippen LogP) is 3.37. The number of pyridine rings is 1. The molecule has 3 rings (SSSR count). The standard InChI is InChI=1S/C21H29N5O/c1-4-5-10-23-21(27)18-7-6-16(3)26(14-18)19-13-15(2)24-20(25-19)17-8-11-22-12-9-17/h8-9,11-13,16,18H,4-7,10,14H2,1-3H3,(H,23,27). The zero-order chi connectivity index (χ0) is 19.2. The van der Waals surface area contributed by atoms with Crippen LogP contribution in [0.4, 0.5) is 5.82 Å². The van der Waals surface area contributed by atoms with Gasteiger partial charge in [-0.3, -0.25) is 9.78 Å². The zero-order valence-electron chi connectivity index (χ0n) is 16.5. The summed E-state index contributed by atoms with van der Waals surface area (Å²) in [6.45, 7) is 7.79. The molecular formula is C21H29N5O. The Labute approximate surface area is 161 Å². The predicted molar refractivity (Wildman–Crippen MR) is 107 cm³/mol. The highest BCUT2D eigenvalue weighted by Crippen LogP contribution is 2.28. The van der Waals surface area contributed by atoms with Gasteiger partial charge in [-0.15, -0.1) is 0 Å². The van der Waals surface area contributed by atoms with Crippen LogP contribution in [0.15, 0.2) is 30.6 Å². The van der Waals surface area contributed by atoms with E-state index in [0.29, 0.717) is 18.4 Å². The third-order valence-electron chi connectivity index (χ3n) is 5.16. The first-order chi connectivity index (χ1) is 13.1. The highest BCUT2D eigenvalue weighted by Gasteiger charge is 2.30. The van der Waals surface area contributed by atoms with Crippen LogP contribution in [0.3, 0.4) is 0 Å². The number of piperidine rings is 1. The van der Waals surface area contributed by atoms with Crippen LogP contribution in [0.2, 0.25) is 0 Å². The SMILES string of the molecule is CCCCNC(=O)C1CCC(C)N(c2cc(C)nc(-c3ccncc3)n2)C1. The van der Waals surface area contributed by atoms with Gasteiger partial charge in [-0.2, -0.15) is 0 Å². The first kappa shape index (κ1) is 19.3. The van der Waals surface area contributed by atoms with Crippen molar-refractivity contribution in [3.63, 3.8) is 0 Å². The van der Waals surface area contributed by atoms with Crippen molar-refractivity contribution in [1.29, 1.82) is 0 Å². The van der Waals surface area contributed by atoms with Crippen molar-refractivity contribution in [3.8, 4) is 11.4 Å². The van der Waals surface area contributed by atoms with Gasteiger partial charge in [0.2, 0.25) is 5.91 Å². The van der Waals surface area contributed by atoms with E-state index in [4.69, 9.17) is 4.98 Å². The van der Waals surface area contributed by atoms with Crippen LogP contribution in [0.1, 0.15) is 45.2 Å². The molecule has 0 aromatic carbocycles. The summed E-state index contributed by atoms with van der Waals surface area (Å²) < 4.78 is 0. The quantitative estimate of drug-likeness (QED) is 0.793. The Morgan fingerprint density at radius 3 is 2.78 bits per heavy atom. The van der Waals surface area contributed by atoms with Gasteiger partial charge >= 0.3 is 0 Å². The van der Waals surface area contributed by atoms with E-state index >= 15 is 0 Å². The smallest absolute Gasteiger partial charge is 0.224 e. The average molecular weight is 367 g/mol. The number of unbranched alkanes of at least 4 members (excludes halogenated alkanes) is 1. The average Bonchev–Trinajstić information content (AvgIpc) is 2.68. The Hall–Kier alpha value is -2.50. The van der Waals surface area contributed by atoms with Crippen LogP contribution in [0, 0.1) is 12.8 Å². The molecule has 1 N–H and O–H groups in total. The normalized spacial score (nSPS) is 19.7. The monoisotopic (exact) mass is 367 g/mol. The fourth-order valence-corrected chi connectivity index (χ4v) is 3.50. The molecule has 2 aromatic rings. The first-order valence-corrected chi connectivity index (χ1v) is 9.89. The molecule has 0 bridgehead atoms. The van der Waals surface area contributed by atoms with E-state index in [1.54, 1.807) is 12.4 Å². The lowest BCUT2D eigenvalue weighted by Gasteiger charge is -2.38. The number of anilines is 1. The maximum Gasteiger partial charge on any atom is 0.224 e. The lowest BCUT2D eigenvalue weighted by Crippen LogP contribution is -2.47. The summed E-state index contributed by atoms with van der Waals surface area (Å²) >= 11 is 0. The molecule has 1 amide bonds. The van der Waals surface area contributed by atoms with Gasteiger partial charge in [0.05, 0.1) is 5.92 Å². The Morgan fingerprint density at radius 1 is 1.26 bits per heavy atom. The largest absolute Gasteiger partial charge is 0.356 e. The van der Waals surface area contributed by atoms with Gasteiger partial charge in [0.15, 0.2) is 5.82 Å². The van der Waals surface area contributed by atoms with Gasteiger partial charge < -0.3 is 10.2 Å². The summed E-state index contributed by atoms with van der Waals surface area (Å²) in [5, 5.41) is 3.08. The number of carbonyl (C=O) groups is 1. The minimum atomic E-state index is 0.0118. The zero-order valence-corrected chi connectivity index (χ0v) is 16.5. The molecule has 3 heterocycles. The Kier molecular flexibility index (Phi) is 6.37. The van der Waals surface area contributed by atoms with Crippen molar-refractivity contribution in [1.82, 2.24) is 20.3 Å². The molecule has 0 saturated carbocycles. The molecule has 1 aliphatic rings. The van der Waals surface area contributed by atoms with Gasteiger partial charge in [-0.25, -0.2) is 9.97 Å². The fraction of sp³-hybridized carbons (Fsp3) is 0.524. The lowest BCUT2D eigenvalue weighted by atomic mass is 9.92. The van der Waals surface area contributed by atoms with Crippen LogP contribution >= 0.6 is 0 Å². The second kappa shape index (κ2) is 8.93. The molecule has 2 atom stereocenters. The van der Waals surface area contributed by atoms with Gasteiger partial charge in [0.25, 0.3) is 0 Å². The van der Waals surface area contributed by atoms with Crippen LogP contribution < -0.4 is 10.2 Å². The fourth-order valence-electron chi connectivity index (χ4n) is 3.50. The summed E-state index contributed by atoms with van der Waals surface area (Å²) in [7, 11) is 0. The van der Waals surface area contributed by atoms with Crippen molar-refractivity contribution >= 4 is 11.7 Å². The minimum Gasteiger partial charge on any atom is -0.356 e. The Balaban J connectivity index is 1.79. The summed E-state index contributed by atoms with van der Waals surface area (Å²) in [5.41, 5.74) is 1.88. The van der Waals surface area contributed by atoms with Crippen LogP contribution in [-0.2, 0) is 4.79 Å². The number of hydrogen-bond donors (Lipinski definition) is 1. The molecule has 1 aliphatic heterocycles. The molecule has 27 heavy (non-hydrogen) atoms. The van der Waals surface area contributed by atoms with E-state index in [1.165, 1.54) is 0 Å². The number of aromatic nitrogens is 3. The molecule has 144 valence electrons. The van der Waals surface area contributed by atoms with E-state index in [9.17, 15) is 4.79 Å². The van der Waals surface area contributed by atoms with Gasteiger partial charge in [0.1, 0.15) is 5.82 Å². The second-order valence-electron chi connectivity index (χ2n) is 7.35. The first-order valence-electron chi connectivity index (χ1n) is 9.89. The number of carbonyl (C=O) groups excluding carboxylic acids is 1. The van der Waals surface area contributed by atoms with Crippen molar-refractivity contribution in [2.24, 2.45) is 5.92 Å². The van der Waals surface area contributed by atoms with Gasteiger partial charge in [0, 0.05) is 48.8 Å². The number of nitrogens with zero attached hydrogens (tertiary/aromatic N) is 4. The molecule has 1 fully saturated rings. The highest BCUT2D eigenvalue weighted by molar-refractivity contribution is 5.79. The van der Waals surface area contributed by atoms with E-state index < -0.39 is 0 Å². The number of amides is 1. The highest BCUT2D eigenvalue weighted by atomic mass is 16.1. The summed E-state index contributed by atoms with van der Waals surface area (Å²) in [6, 6.07) is 6.20. The number of nitrogens with one attached hydrogen (secondary N) is 1. The summed E-state index contributed by atoms with van der Waals surface area (Å²) in [4.78, 5) is 28.2. The molecule has 0 radical (unpaired) electrons. The molecule has 2 unspecified atom stereocenters. The van der Waals surface area contributed by atoms with Crippen LogP contribution in [-0.4, -0.2) is 40.0 Å². The maximum atomic E-state index is 12.5. The minimum absolute atomic E-state index is 0.0118. The Bertz CT molecular complexity index is 764. The molecule has 6 nitrogen and oxygen atoms in total. The lowest BCUT2D eigenvalue weighted by molar-refractivity contribution is -0.125. The Morgan fingerprint density at radius 2 is 2.04 bits per heavy atom. The third kappa shape index (κ3) is 4.81. The van der Waals surface area contributed by atoms with Gasteiger partial charge in [-0.05, 0) is 45.2 Å². The van der Waals surface area contributed by atoms with Crippen LogP contribution in [0.5, 0.6) is 0 Å². The molecular weight excluding hydrogens is 338 g/mol. The van der Waals surface area contributed by atoms with Crippen molar-refractivity contribution < 1.29 is 4.79 Å². The van der Waals surface area contributed by atoms with Crippen LogP contribution in [0.25, 0.3) is 11.4 Å². The van der Waals surface area contributed by atoms with Crippen molar-refractivity contribution in [3.05, 3.63) is 36.3 Å². The number of aryl methyl sites for hydroxylation is 1. The van der Waals surface area contributed by atoms with E-state index in [0.717, 1.165) is 49.3 Å². The molecule has 0 spiro atoms. The van der Waals surface area contributed by atoms with Gasteiger partial charge in [-0.1, -0.05) is 13.3 Å². The second-order valence-corrected chi connectivity index (χ2v) is 7.35. The summed E-state index contributed by atoms with van der Waals surface area (Å²) in [6.07, 6.45) is 7.53. The van der Waals surface area contributed by atoms with Crippen molar-refractivity contribution in [2.75, 3.05) is 18.0 Å². The number of hydrogen-bond acceptors (Lipinski definition) is 5. The maximum absolute atomic E-state index is 12.5. The topological polar surface area (TPSA) is 71.0 Å². The molecule has 2 aromatic heterocycles. The van der Waals surface area contributed by atoms with E-state index in [2.05, 4.69) is 34.0 Å². The third-order valence-corrected chi connectivity index (χ3v) is 5.16.